The van der Waals surface area contributed by atoms with Gasteiger partial charge in [-0.15, -0.1) is 0 Å². The van der Waals surface area contributed by atoms with E-state index in [9.17, 15) is 4.79 Å². The largest absolute Gasteiger partial charge is 0.486 e. The quantitative estimate of drug-likeness (QED) is 0.899. The molecule has 1 atom stereocenters. The second kappa shape index (κ2) is 8.26. The molecule has 0 saturated heterocycles. The van der Waals surface area contributed by atoms with Gasteiger partial charge in [-0.2, -0.15) is 5.26 Å². The zero-order valence-corrected chi connectivity index (χ0v) is 14.6. The molecule has 1 unspecified atom stereocenters. The van der Waals surface area contributed by atoms with E-state index in [0.717, 1.165) is 11.3 Å². The maximum atomic E-state index is 12.5. The molecule has 6 heteroatoms. The molecule has 6 nitrogen and oxygen atoms in total. The highest BCUT2D eigenvalue weighted by molar-refractivity contribution is 5.74. The number of fused-ring (bicyclic) bond motifs is 1. The van der Waals surface area contributed by atoms with Crippen LogP contribution in [0.2, 0.25) is 0 Å². The minimum atomic E-state index is -0.203. The Kier molecular flexibility index (Phi) is 5.59. The summed E-state index contributed by atoms with van der Waals surface area (Å²) in [6.45, 7) is 3.77. The number of hydrogen-bond donors (Lipinski definition) is 1. The Hall–Kier alpha value is -3.20. The number of amides is 2. The molecular formula is C20H21N3O3. The predicted octanol–water partition coefficient (Wildman–Crippen LogP) is 2.93. The van der Waals surface area contributed by atoms with Crippen LogP contribution in [0.5, 0.6) is 11.5 Å². The molecule has 1 aliphatic heterocycles. The van der Waals surface area contributed by atoms with E-state index >= 15 is 0 Å². The van der Waals surface area contributed by atoms with Crippen molar-refractivity contribution in [2.45, 2.75) is 19.6 Å². The van der Waals surface area contributed by atoms with Crippen molar-refractivity contribution in [3.63, 3.8) is 0 Å². The third-order valence-corrected chi connectivity index (χ3v) is 4.19. The van der Waals surface area contributed by atoms with Crippen LogP contribution in [-0.4, -0.2) is 36.7 Å². The predicted molar refractivity (Wildman–Crippen MR) is 97.0 cm³/mol. The summed E-state index contributed by atoms with van der Waals surface area (Å²) in [7, 11) is 0. The second-order valence-electron chi connectivity index (χ2n) is 6.00. The summed E-state index contributed by atoms with van der Waals surface area (Å²) in [5, 5.41) is 11.7. The molecule has 2 aromatic carbocycles. The molecule has 2 amide bonds. The first-order valence-corrected chi connectivity index (χ1v) is 8.60. The Morgan fingerprint density at radius 2 is 1.96 bits per heavy atom. The SMILES string of the molecule is CCN(CC1COc2ccccc2O1)C(=O)NCc1ccc(C#N)cc1. The van der Waals surface area contributed by atoms with E-state index in [2.05, 4.69) is 11.4 Å². The Balaban J connectivity index is 1.53. The minimum absolute atomic E-state index is 0.153. The fourth-order valence-corrected chi connectivity index (χ4v) is 2.74. The summed E-state index contributed by atoms with van der Waals surface area (Å²) in [5.41, 5.74) is 1.55. The molecule has 0 saturated carbocycles. The summed E-state index contributed by atoms with van der Waals surface area (Å²) in [6, 6.07) is 16.6. The van der Waals surface area contributed by atoms with Crippen molar-refractivity contribution in [3.8, 4) is 17.6 Å². The lowest BCUT2D eigenvalue weighted by atomic mass is 10.1. The van der Waals surface area contributed by atoms with Crippen molar-refractivity contribution in [2.75, 3.05) is 19.7 Å². The van der Waals surface area contributed by atoms with Crippen molar-refractivity contribution < 1.29 is 14.3 Å². The molecule has 2 aromatic rings. The van der Waals surface area contributed by atoms with Crippen LogP contribution in [-0.2, 0) is 6.54 Å². The van der Waals surface area contributed by atoms with E-state index < -0.39 is 0 Å². The summed E-state index contributed by atoms with van der Waals surface area (Å²) >= 11 is 0. The summed E-state index contributed by atoms with van der Waals surface area (Å²) < 4.78 is 11.6. The fourth-order valence-electron chi connectivity index (χ4n) is 2.74. The van der Waals surface area contributed by atoms with Gasteiger partial charge in [-0.3, -0.25) is 0 Å². The number of urea groups is 1. The number of rotatable bonds is 5. The van der Waals surface area contributed by atoms with E-state index in [0.29, 0.717) is 37.6 Å². The van der Waals surface area contributed by atoms with Crippen LogP contribution in [0, 0.1) is 11.3 Å². The normalized spacial score (nSPS) is 15.0. The van der Waals surface area contributed by atoms with E-state index in [1.165, 1.54) is 0 Å². The first-order valence-electron chi connectivity index (χ1n) is 8.60. The molecule has 26 heavy (non-hydrogen) atoms. The van der Waals surface area contributed by atoms with Crippen LogP contribution in [0.1, 0.15) is 18.1 Å². The van der Waals surface area contributed by atoms with Crippen molar-refractivity contribution in [1.29, 1.82) is 5.26 Å². The van der Waals surface area contributed by atoms with Gasteiger partial charge in [0, 0.05) is 13.1 Å². The van der Waals surface area contributed by atoms with Gasteiger partial charge in [0.2, 0.25) is 0 Å². The fraction of sp³-hybridized carbons (Fsp3) is 0.300. The topological polar surface area (TPSA) is 74.6 Å². The monoisotopic (exact) mass is 351 g/mol. The van der Waals surface area contributed by atoms with Gasteiger partial charge < -0.3 is 19.7 Å². The summed E-state index contributed by atoms with van der Waals surface area (Å²) in [4.78, 5) is 14.2. The van der Waals surface area contributed by atoms with Crippen LogP contribution >= 0.6 is 0 Å². The average Bonchev–Trinajstić information content (AvgIpc) is 2.70. The van der Waals surface area contributed by atoms with E-state index in [-0.39, 0.29) is 12.1 Å². The lowest BCUT2D eigenvalue weighted by Gasteiger charge is -2.31. The van der Waals surface area contributed by atoms with Crippen LogP contribution in [0.3, 0.4) is 0 Å². The average molecular weight is 351 g/mol. The maximum Gasteiger partial charge on any atom is 0.317 e. The molecular weight excluding hydrogens is 330 g/mol. The Bertz CT molecular complexity index is 799. The lowest BCUT2D eigenvalue weighted by Crippen LogP contribution is -2.47. The first-order chi connectivity index (χ1) is 12.7. The molecule has 0 spiro atoms. The molecule has 0 aromatic heterocycles. The van der Waals surface area contributed by atoms with E-state index in [1.54, 1.807) is 17.0 Å². The molecule has 0 bridgehead atoms. The number of para-hydroxylation sites is 2. The number of nitrogens with zero attached hydrogens (tertiary/aromatic N) is 2. The van der Waals surface area contributed by atoms with Gasteiger partial charge in [0.15, 0.2) is 17.6 Å². The zero-order valence-electron chi connectivity index (χ0n) is 14.6. The van der Waals surface area contributed by atoms with Crippen LogP contribution in [0.4, 0.5) is 4.79 Å². The molecule has 1 N–H and O–H groups in total. The van der Waals surface area contributed by atoms with Gasteiger partial charge >= 0.3 is 6.03 Å². The summed E-state index contributed by atoms with van der Waals surface area (Å²) in [5.74, 6) is 1.44. The first kappa shape index (κ1) is 17.6. The number of benzene rings is 2. The van der Waals surface area contributed by atoms with Gasteiger partial charge in [0.05, 0.1) is 18.2 Å². The second-order valence-corrected chi connectivity index (χ2v) is 6.00. The molecule has 0 radical (unpaired) electrons. The van der Waals surface area contributed by atoms with Gasteiger partial charge in [0.1, 0.15) is 6.61 Å². The van der Waals surface area contributed by atoms with Crippen LogP contribution in [0.25, 0.3) is 0 Å². The van der Waals surface area contributed by atoms with Crippen molar-refractivity contribution in [2.24, 2.45) is 0 Å². The van der Waals surface area contributed by atoms with Gasteiger partial charge in [0.25, 0.3) is 0 Å². The minimum Gasteiger partial charge on any atom is -0.486 e. The highest BCUT2D eigenvalue weighted by atomic mass is 16.6. The highest BCUT2D eigenvalue weighted by Crippen LogP contribution is 2.30. The van der Waals surface area contributed by atoms with Crippen LogP contribution in [0.15, 0.2) is 48.5 Å². The Labute approximate surface area is 152 Å². The third kappa shape index (κ3) is 4.25. The van der Waals surface area contributed by atoms with Crippen LogP contribution < -0.4 is 14.8 Å². The molecule has 134 valence electrons. The number of likely N-dealkylation sites (N-methyl/N-ethyl adjacent to an activating group) is 1. The smallest absolute Gasteiger partial charge is 0.317 e. The highest BCUT2D eigenvalue weighted by Gasteiger charge is 2.24. The van der Waals surface area contributed by atoms with Gasteiger partial charge in [-0.1, -0.05) is 24.3 Å². The maximum absolute atomic E-state index is 12.5. The van der Waals surface area contributed by atoms with Gasteiger partial charge in [-0.05, 0) is 36.8 Å². The zero-order chi connectivity index (χ0) is 18.4. The number of nitrogens with one attached hydrogen (secondary N) is 1. The van der Waals surface area contributed by atoms with Crippen molar-refractivity contribution in [1.82, 2.24) is 10.2 Å². The number of carbonyl (C=O) groups is 1. The number of hydrogen-bond acceptors (Lipinski definition) is 4. The van der Waals surface area contributed by atoms with Crippen molar-refractivity contribution >= 4 is 6.03 Å². The third-order valence-electron chi connectivity index (χ3n) is 4.19. The van der Waals surface area contributed by atoms with Gasteiger partial charge in [-0.25, -0.2) is 4.79 Å². The Morgan fingerprint density at radius 3 is 2.65 bits per heavy atom. The van der Waals surface area contributed by atoms with Crippen molar-refractivity contribution in [3.05, 3.63) is 59.7 Å². The number of ether oxygens (including phenoxy) is 2. The van der Waals surface area contributed by atoms with E-state index in [1.807, 2.05) is 43.3 Å². The number of carbonyl (C=O) groups excluding carboxylic acids is 1. The Morgan fingerprint density at radius 1 is 1.23 bits per heavy atom. The number of nitriles is 1. The molecule has 0 aliphatic carbocycles. The molecule has 3 rings (SSSR count). The molecule has 1 heterocycles. The lowest BCUT2D eigenvalue weighted by molar-refractivity contribution is 0.0675. The van der Waals surface area contributed by atoms with E-state index in [4.69, 9.17) is 14.7 Å². The standard InChI is InChI=1S/C20H21N3O3/c1-2-23(13-17-14-25-18-5-3-4-6-19(18)26-17)20(24)22-12-16-9-7-15(11-21)8-10-16/h3-10,17H,2,12-14H2,1H3,(H,22,24). The molecule has 1 aliphatic rings. The summed E-state index contributed by atoms with van der Waals surface area (Å²) in [6.07, 6.45) is -0.203. The molecule has 0 fully saturated rings.